The molecule has 1 fully saturated rings. The van der Waals surface area contributed by atoms with Crippen LogP contribution in [0.1, 0.15) is 25.2 Å². The molecule has 15 heavy (non-hydrogen) atoms. The third-order valence-corrected chi connectivity index (χ3v) is 2.56. The summed E-state index contributed by atoms with van der Waals surface area (Å²) in [5.41, 5.74) is 6.05. The molecule has 0 amide bonds. The number of nitrogens with two attached hydrogens (primary N) is 1. The van der Waals surface area contributed by atoms with Crippen LogP contribution >= 0.6 is 0 Å². The van der Waals surface area contributed by atoms with Crippen molar-refractivity contribution >= 4 is 0 Å². The molecule has 0 bridgehead atoms. The number of aryl methyl sites for hydroxylation is 1. The van der Waals surface area contributed by atoms with Crippen LogP contribution in [0, 0.1) is 0 Å². The Hall–Kier alpha value is -0.910. The predicted molar refractivity (Wildman–Crippen MR) is 55.1 cm³/mol. The van der Waals surface area contributed by atoms with Gasteiger partial charge in [0.05, 0.1) is 19.3 Å². The van der Waals surface area contributed by atoms with Gasteiger partial charge in [0.2, 0.25) is 0 Å². The Morgan fingerprint density at radius 2 is 2.33 bits per heavy atom. The normalized spacial score (nSPS) is 19.6. The van der Waals surface area contributed by atoms with Gasteiger partial charge in [-0.05, 0) is 6.92 Å². The van der Waals surface area contributed by atoms with Gasteiger partial charge in [-0.2, -0.15) is 0 Å². The van der Waals surface area contributed by atoms with Gasteiger partial charge in [-0.15, -0.1) is 0 Å². The highest BCUT2D eigenvalue weighted by atomic mass is 16.7. The monoisotopic (exact) mass is 211 g/mol. The van der Waals surface area contributed by atoms with E-state index in [1.165, 1.54) is 0 Å². The highest BCUT2D eigenvalue weighted by Crippen LogP contribution is 2.18. The second kappa shape index (κ2) is 4.74. The van der Waals surface area contributed by atoms with Crippen molar-refractivity contribution in [3.63, 3.8) is 0 Å². The summed E-state index contributed by atoms with van der Waals surface area (Å²) < 4.78 is 12.8. The van der Waals surface area contributed by atoms with Crippen LogP contribution in [0.2, 0.25) is 0 Å². The minimum absolute atomic E-state index is 0.122. The number of ether oxygens (including phenoxy) is 2. The Morgan fingerprint density at radius 1 is 1.60 bits per heavy atom. The molecule has 0 spiro atoms. The van der Waals surface area contributed by atoms with Crippen LogP contribution in [0.15, 0.2) is 12.4 Å². The number of hydrogen-bond donors (Lipinski definition) is 1. The van der Waals surface area contributed by atoms with Crippen LogP contribution in [0.5, 0.6) is 0 Å². The summed E-state index contributed by atoms with van der Waals surface area (Å²) in [4.78, 5) is 4.26. The molecule has 0 aliphatic carbocycles. The lowest BCUT2D eigenvalue weighted by Crippen LogP contribution is -2.22. The van der Waals surface area contributed by atoms with Gasteiger partial charge in [0.1, 0.15) is 5.82 Å². The molecule has 0 saturated carbocycles. The Bertz CT molecular complexity index is 307. The average Bonchev–Trinajstić information content (AvgIpc) is 2.86. The van der Waals surface area contributed by atoms with Gasteiger partial charge < -0.3 is 19.8 Å². The second-order valence-corrected chi connectivity index (χ2v) is 3.58. The average molecular weight is 211 g/mol. The van der Waals surface area contributed by atoms with E-state index in [2.05, 4.69) is 11.9 Å². The van der Waals surface area contributed by atoms with E-state index in [-0.39, 0.29) is 12.3 Å². The number of aromatic nitrogens is 2. The zero-order valence-electron chi connectivity index (χ0n) is 8.93. The van der Waals surface area contributed by atoms with Gasteiger partial charge in [0, 0.05) is 25.4 Å². The van der Waals surface area contributed by atoms with Gasteiger partial charge >= 0.3 is 0 Å². The van der Waals surface area contributed by atoms with Gasteiger partial charge in [-0.3, -0.25) is 0 Å². The van der Waals surface area contributed by atoms with Gasteiger partial charge in [0.15, 0.2) is 6.29 Å². The molecule has 2 heterocycles. The van der Waals surface area contributed by atoms with Gasteiger partial charge in [-0.1, -0.05) is 0 Å². The Morgan fingerprint density at radius 3 is 3.00 bits per heavy atom. The molecule has 5 heteroatoms. The third kappa shape index (κ3) is 2.37. The number of nitrogens with zero attached hydrogens (tertiary/aromatic N) is 2. The SMILES string of the molecule is CCn1ccnc1C(N)CC1OCCO1. The number of imidazole rings is 1. The number of rotatable bonds is 4. The molecule has 84 valence electrons. The van der Waals surface area contributed by atoms with Crippen molar-refractivity contribution in [1.82, 2.24) is 9.55 Å². The van der Waals surface area contributed by atoms with Crippen LogP contribution in [0.4, 0.5) is 0 Å². The summed E-state index contributed by atoms with van der Waals surface area (Å²) in [6, 6.07) is -0.122. The van der Waals surface area contributed by atoms with Crippen LogP contribution in [-0.2, 0) is 16.0 Å². The van der Waals surface area contributed by atoms with Crippen LogP contribution in [0.3, 0.4) is 0 Å². The molecule has 1 aromatic heterocycles. The fraction of sp³-hybridized carbons (Fsp3) is 0.700. The maximum atomic E-state index is 6.05. The Balaban J connectivity index is 1.97. The standard InChI is InChI=1S/C10H17N3O2/c1-2-13-4-3-12-10(13)8(11)7-9-14-5-6-15-9/h3-4,8-9H,2,5-7,11H2,1H3. The molecule has 1 atom stereocenters. The minimum Gasteiger partial charge on any atom is -0.350 e. The fourth-order valence-corrected chi connectivity index (χ4v) is 1.77. The van der Waals surface area contributed by atoms with E-state index in [0.29, 0.717) is 19.6 Å². The topological polar surface area (TPSA) is 62.3 Å². The van der Waals surface area contributed by atoms with Crippen molar-refractivity contribution in [2.24, 2.45) is 5.73 Å². The molecule has 0 radical (unpaired) electrons. The van der Waals surface area contributed by atoms with E-state index < -0.39 is 0 Å². The van der Waals surface area contributed by atoms with E-state index in [1.807, 2.05) is 10.8 Å². The van der Waals surface area contributed by atoms with E-state index in [9.17, 15) is 0 Å². The lowest BCUT2D eigenvalue weighted by molar-refractivity contribution is -0.0513. The van der Waals surface area contributed by atoms with E-state index in [4.69, 9.17) is 15.2 Å². The first kappa shape index (κ1) is 10.6. The first-order valence-electron chi connectivity index (χ1n) is 5.31. The van der Waals surface area contributed by atoms with E-state index >= 15 is 0 Å². The fourth-order valence-electron chi connectivity index (χ4n) is 1.77. The second-order valence-electron chi connectivity index (χ2n) is 3.58. The van der Waals surface area contributed by atoms with E-state index in [0.717, 1.165) is 12.4 Å². The Kier molecular flexibility index (Phi) is 3.35. The maximum Gasteiger partial charge on any atom is 0.159 e. The molecule has 1 aliphatic rings. The first-order valence-corrected chi connectivity index (χ1v) is 5.31. The molecule has 1 unspecified atom stereocenters. The summed E-state index contributed by atoms with van der Waals surface area (Å²) in [6.45, 7) is 4.29. The van der Waals surface area contributed by atoms with E-state index in [1.54, 1.807) is 6.20 Å². The van der Waals surface area contributed by atoms with Crippen molar-refractivity contribution in [3.05, 3.63) is 18.2 Å². The van der Waals surface area contributed by atoms with Crippen molar-refractivity contribution < 1.29 is 9.47 Å². The summed E-state index contributed by atoms with van der Waals surface area (Å²) in [7, 11) is 0. The van der Waals surface area contributed by atoms with Crippen LogP contribution in [0.25, 0.3) is 0 Å². The van der Waals surface area contributed by atoms with Gasteiger partial charge in [0.25, 0.3) is 0 Å². The minimum atomic E-state index is -0.165. The highest BCUT2D eigenvalue weighted by Gasteiger charge is 2.22. The molecule has 1 saturated heterocycles. The van der Waals surface area contributed by atoms with Crippen LogP contribution < -0.4 is 5.73 Å². The predicted octanol–water partition coefficient (Wildman–Crippen LogP) is 0.666. The zero-order chi connectivity index (χ0) is 10.7. The molecule has 2 rings (SSSR count). The third-order valence-electron chi connectivity index (χ3n) is 2.56. The molecule has 5 nitrogen and oxygen atoms in total. The highest BCUT2D eigenvalue weighted by molar-refractivity contribution is 4.98. The summed E-state index contributed by atoms with van der Waals surface area (Å²) >= 11 is 0. The quantitative estimate of drug-likeness (QED) is 0.795. The zero-order valence-corrected chi connectivity index (χ0v) is 8.93. The van der Waals surface area contributed by atoms with Crippen molar-refractivity contribution in [2.75, 3.05) is 13.2 Å². The number of hydrogen-bond acceptors (Lipinski definition) is 4. The van der Waals surface area contributed by atoms with Crippen molar-refractivity contribution in [3.8, 4) is 0 Å². The van der Waals surface area contributed by atoms with Crippen molar-refractivity contribution in [1.29, 1.82) is 0 Å². The summed E-state index contributed by atoms with van der Waals surface area (Å²) in [5, 5.41) is 0. The summed E-state index contributed by atoms with van der Waals surface area (Å²) in [6.07, 6.45) is 4.21. The first-order chi connectivity index (χ1) is 7.31. The largest absolute Gasteiger partial charge is 0.350 e. The molecule has 2 N–H and O–H groups in total. The smallest absolute Gasteiger partial charge is 0.159 e. The molecular formula is C10H17N3O2. The van der Waals surface area contributed by atoms with Crippen LogP contribution in [-0.4, -0.2) is 29.1 Å². The summed E-state index contributed by atoms with van der Waals surface area (Å²) in [5.74, 6) is 0.900. The molecular weight excluding hydrogens is 194 g/mol. The lowest BCUT2D eigenvalue weighted by Gasteiger charge is -2.16. The molecule has 1 aliphatic heterocycles. The molecule has 0 aromatic carbocycles. The lowest BCUT2D eigenvalue weighted by atomic mass is 10.2. The molecule has 1 aromatic rings. The van der Waals surface area contributed by atoms with Crippen molar-refractivity contribution in [2.45, 2.75) is 32.2 Å². The Labute approximate surface area is 89.2 Å². The van der Waals surface area contributed by atoms with Gasteiger partial charge in [-0.25, -0.2) is 4.98 Å². The maximum absolute atomic E-state index is 6.05.